The normalized spacial score (nSPS) is 11.9. The molecule has 0 radical (unpaired) electrons. The number of amides is 1. The number of alkyl halides is 3. The molecular formula is C20H22F4N4O. The number of carbonyl (C=O) groups is 1. The lowest BCUT2D eigenvalue weighted by Gasteiger charge is -2.16. The summed E-state index contributed by atoms with van der Waals surface area (Å²) in [5, 5.41) is 8.31. The molecule has 0 spiro atoms. The second-order valence-corrected chi connectivity index (χ2v) is 6.12. The lowest BCUT2D eigenvalue weighted by Crippen LogP contribution is -2.37. The number of rotatable bonds is 6. The molecule has 0 saturated carbocycles. The van der Waals surface area contributed by atoms with Gasteiger partial charge in [0.1, 0.15) is 5.82 Å². The number of benzene rings is 2. The molecule has 29 heavy (non-hydrogen) atoms. The Hall–Kier alpha value is -3.10. The molecule has 156 valence electrons. The Morgan fingerprint density at radius 1 is 1.07 bits per heavy atom. The van der Waals surface area contributed by atoms with E-state index < -0.39 is 17.6 Å². The Labute approximate surface area is 166 Å². The van der Waals surface area contributed by atoms with Gasteiger partial charge in [-0.25, -0.2) is 9.38 Å². The Morgan fingerprint density at radius 3 is 2.34 bits per heavy atom. The van der Waals surface area contributed by atoms with Crippen LogP contribution in [0, 0.1) is 5.82 Å². The van der Waals surface area contributed by atoms with Gasteiger partial charge in [0.05, 0.1) is 12.1 Å². The van der Waals surface area contributed by atoms with Crippen LogP contribution in [0.15, 0.2) is 47.5 Å². The van der Waals surface area contributed by atoms with Gasteiger partial charge in [0.2, 0.25) is 0 Å². The molecule has 0 atom stereocenters. The molecule has 0 heterocycles. The summed E-state index contributed by atoms with van der Waals surface area (Å²) < 4.78 is 52.6. The minimum absolute atomic E-state index is 0.0839. The van der Waals surface area contributed by atoms with Crippen LogP contribution >= 0.6 is 0 Å². The molecule has 3 N–H and O–H groups in total. The van der Waals surface area contributed by atoms with Gasteiger partial charge in [0.25, 0.3) is 5.91 Å². The zero-order chi connectivity index (χ0) is 21.4. The second kappa shape index (κ2) is 9.90. The average molecular weight is 410 g/mol. The highest BCUT2D eigenvalue weighted by Crippen LogP contribution is 2.32. The van der Waals surface area contributed by atoms with Crippen molar-refractivity contribution in [1.29, 1.82) is 0 Å². The number of carbonyl (C=O) groups excluding carboxylic acids is 1. The molecule has 2 aromatic carbocycles. The highest BCUT2D eigenvalue weighted by molar-refractivity contribution is 5.93. The summed E-state index contributed by atoms with van der Waals surface area (Å²) in [5.74, 6) is -0.822. The van der Waals surface area contributed by atoms with Gasteiger partial charge < -0.3 is 16.0 Å². The van der Waals surface area contributed by atoms with E-state index in [9.17, 15) is 22.4 Å². The molecular weight excluding hydrogens is 388 g/mol. The zero-order valence-electron chi connectivity index (χ0n) is 16.0. The van der Waals surface area contributed by atoms with E-state index >= 15 is 0 Å². The topological polar surface area (TPSA) is 65.5 Å². The van der Waals surface area contributed by atoms with Crippen molar-refractivity contribution in [3.8, 4) is 0 Å². The van der Waals surface area contributed by atoms with Crippen molar-refractivity contribution in [3.05, 3.63) is 70.5 Å². The fourth-order valence-corrected chi connectivity index (χ4v) is 2.56. The highest BCUT2D eigenvalue weighted by atomic mass is 19.4. The van der Waals surface area contributed by atoms with Crippen LogP contribution in [0.3, 0.4) is 0 Å². The SMILES string of the molecule is CCNC(=NCc1ccc(C(=O)NC)cc1)NCc1ccc(F)cc1C(F)(F)F. The summed E-state index contributed by atoms with van der Waals surface area (Å²) in [7, 11) is 1.54. The van der Waals surface area contributed by atoms with Crippen LogP contribution < -0.4 is 16.0 Å². The maximum absolute atomic E-state index is 13.2. The van der Waals surface area contributed by atoms with Gasteiger partial charge in [0, 0.05) is 25.7 Å². The van der Waals surface area contributed by atoms with E-state index in [1.807, 2.05) is 6.92 Å². The average Bonchev–Trinajstić information content (AvgIpc) is 2.69. The molecule has 0 unspecified atom stereocenters. The zero-order valence-corrected chi connectivity index (χ0v) is 16.0. The van der Waals surface area contributed by atoms with E-state index in [0.717, 1.165) is 17.7 Å². The fourth-order valence-electron chi connectivity index (χ4n) is 2.56. The minimum atomic E-state index is -4.65. The molecule has 5 nitrogen and oxygen atoms in total. The van der Waals surface area contributed by atoms with Crippen molar-refractivity contribution in [1.82, 2.24) is 16.0 Å². The van der Waals surface area contributed by atoms with E-state index in [4.69, 9.17) is 0 Å². The number of nitrogens with one attached hydrogen (secondary N) is 3. The first-order valence-corrected chi connectivity index (χ1v) is 8.93. The second-order valence-electron chi connectivity index (χ2n) is 6.12. The lowest BCUT2D eigenvalue weighted by molar-refractivity contribution is -0.138. The van der Waals surface area contributed by atoms with Crippen LogP contribution in [0.1, 0.15) is 34.0 Å². The smallest absolute Gasteiger partial charge is 0.357 e. The molecule has 2 aromatic rings. The van der Waals surface area contributed by atoms with Gasteiger partial charge in [-0.1, -0.05) is 18.2 Å². The molecule has 0 aliphatic carbocycles. The summed E-state index contributed by atoms with van der Waals surface area (Å²) in [4.78, 5) is 15.9. The summed E-state index contributed by atoms with van der Waals surface area (Å²) >= 11 is 0. The van der Waals surface area contributed by atoms with Crippen molar-refractivity contribution >= 4 is 11.9 Å². The molecule has 0 fully saturated rings. The molecule has 0 bridgehead atoms. The van der Waals surface area contributed by atoms with Crippen LogP contribution in [0.5, 0.6) is 0 Å². The third kappa shape index (κ3) is 6.48. The van der Waals surface area contributed by atoms with E-state index in [2.05, 4.69) is 20.9 Å². The monoisotopic (exact) mass is 410 g/mol. The molecule has 0 aliphatic rings. The number of aliphatic imine (C=N–C) groups is 1. The molecule has 9 heteroatoms. The van der Waals surface area contributed by atoms with E-state index in [-0.39, 0.29) is 24.6 Å². The van der Waals surface area contributed by atoms with Crippen molar-refractivity contribution in [2.24, 2.45) is 4.99 Å². The standard InChI is InChI=1S/C20H22F4N4O/c1-3-26-19(27-11-13-4-6-14(7-5-13)18(29)25-2)28-12-15-8-9-16(21)10-17(15)20(22,23)24/h4-10H,3,11-12H2,1-2H3,(H,25,29)(H2,26,27,28). The molecule has 2 rings (SSSR count). The predicted molar refractivity (Wildman–Crippen MR) is 103 cm³/mol. The highest BCUT2D eigenvalue weighted by Gasteiger charge is 2.33. The Balaban J connectivity index is 2.10. The van der Waals surface area contributed by atoms with Crippen molar-refractivity contribution in [2.75, 3.05) is 13.6 Å². The number of hydrogen-bond acceptors (Lipinski definition) is 2. The fraction of sp³-hybridized carbons (Fsp3) is 0.300. The summed E-state index contributed by atoms with van der Waals surface area (Å²) in [6.45, 7) is 2.43. The molecule has 0 aliphatic heterocycles. The Morgan fingerprint density at radius 2 is 1.76 bits per heavy atom. The molecule has 0 aromatic heterocycles. The van der Waals surface area contributed by atoms with E-state index in [1.165, 1.54) is 0 Å². The van der Waals surface area contributed by atoms with E-state index in [0.29, 0.717) is 24.1 Å². The van der Waals surface area contributed by atoms with Crippen LogP contribution in [0.25, 0.3) is 0 Å². The lowest BCUT2D eigenvalue weighted by atomic mass is 10.1. The third-order valence-electron chi connectivity index (χ3n) is 4.03. The number of hydrogen-bond donors (Lipinski definition) is 3. The number of nitrogens with zero attached hydrogens (tertiary/aromatic N) is 1. The first-order chi connectivity index (χ1) is 13.7. The van der Waals surface area contributed by atoms with Gasteiger partial charge in [0.15, 0.2) is 5.96 Å². The third-order valence-corrected chi connectivity index (χ3v) is 4.03. The van der Waals surface area contributed by atoms with Crippen LogP contribution in [0.2, 0.25) is 0 Å². The van der Waals surface area contributed by atoms with Gasteiger partial charge in [-0.3, -0.25) is 4.79 Å². The van der Waals surface area contributed by atoms with Gasteiger partial charge in [-0.2, -0.15) is 13.2 Å². The quantitative estimate of drug-likeness (QED) is 0.388. The van der Waals surface area contributed by atoms with Gasteiger partial charge >= 0.3 is 6.18 Å². The number of halogens is 4. The summed E-state index contributed by atoms with van der Waals surface area (Å²) in [6.07, 6.45) is -4.65. The minimum Gasteiger partial charge on any atom is -0.357 e. The maximum atomic E-state index is 13.2. The van der Waals surface area contributed by atoms with Crippen molar-refractivity contribution in [2.45, 2.75) is 26.2 Å². The summed E-state index contributed by atoms with van der Waals surface area (Å²) in [5.41, 5.74) is 0.235. The van der Waals surface area contributed by atoms with Gasteiger partial charge in [-0.15, -0.1) is 0 Å². The predicted octanol–water partition coefficient (Wildman–Crippen LogP) is 3.46. The summed E-state index contributed by atoms with van der Waals surface area (Å²) in [6, 6.07) is 9.40. The largest absolute Gasteiger partial charge is 0.416 e. The van der Waals surface area contributed by atoms with Crippen molar-refractivity contribution < 1.29 is 22.4 Å². The maximum Gasteiger partial charge on any atom is 0.416 e. The number of guanidine groups is 1. The Kier molecular flexibility index (Phi) is 7.58. The van der Waals surface area contributed by atoms with E-state index in [1.54, 1.807) is 31.3 Å². The Bertz CT molecular complexity index is 864. The van der Waals surface area contributed by atoms with Crippen molar-refractivity contribution in [3.63, 3.8) is 0 Å². The van der Waals surface area contributed by atoms with Crippen LogP contribution in [-0.4, -0.2) is 25.5 Å². The van der Waals surface area contributed by atoms with Crippen LogP contribution in [-0.2, 0) is 19.3 Å². The van der Waals surface area contributed by atoms with Crippen LogP contribution in [0.4, 0.5) is 17.6 Å². The molecule has 0 saturated heterocycles. The van der Waals surface area contributed by atoms with Gasteiger partial charge in [-0.05, 0) is 42.3 Å². The first-order valence-electron chi connectivity index (χ1n) is 8.93. The molecule has 1 amide bonds. The first kappa shape index (κ1) is 22.2.